The van der Waals surface area contributed by atoms with Crippen molar-refractivity contribution in [3.63, 3.8) is 0 Å². The molecule has 422 valence electrons. The van der Waals surface area contributed by atoms with Gasteiger partial charge < -0.3 is 65.1 Å². The van der Waals surface area contributed by atoms with Crippen molar-refractivity contribution < 1.29 is 64.6 Å². The Kier molecular flexibility index (Phi) is 41.1. The minimum Gasteiger partial charge on any atom is -0.394 e. The van der Waals surface area contributed by atoms with Gasteiger partial charge in [0.2, 0.25) is 5.91 Å². The van der Waals surface area contributed by atoms with E-state index in [1.807, 2.05) is 0 Å². The van der Waals surface area contributed by atoms with E-state index in [2.05, 4.69) is 19.2 Å². The number of rotatable bonds is 48. The fourth-order valence-corrected chi connectivity index (χ4v) is 10.2. The van der Waals surface area contributed by atoms with Crippen LogP contribution in [0, 0.1) is 0 Å². The number of hydrogen-bond acceptors (Lipinski definition) is 13. The third kappa shape index (κ3) is 30.4. The summed E-state index contributed by atoms with van der Waals surface area (Å²) in [5.41, 5.74) is 0. The van der Waals surface area contributed by atoms with Gasteiger partial charge in [0, 0.05) is 6.42 Å². The number of amides is 1. The molecule has 0 aromatic heterocycles. The molecular weight excluding hydrogens is 907 g/mol. The van der Waals surface area contributed by atoms with Gasteiger partial charge in [-0.1, -0.05) is 245 Å². The van der Waals surface area contributed by atoms with Gasteiger partial charge in [-0.3, -0.25) is 4.79 Å². The highest BCUT2D eigenvalue weighted by atomic mass is 16.7. The summed E-state index contributed by atoms with van der Waals surface area (Å²) in [6.07, 6.45) is 31.3. The first-order valence-electron chi connectivity index (χ1n) is 29.8. The zero-order valence-corrected chi connectivity index (χ0v) is 45.2. The molecule has 0 aliphatic carbocycles. The van der Waals surface area contributed by atoms with Crippen LogP contribution in [0.15, 0.2) is 0 Å². The Morgan fingerprint density at radius 1 is 0.451 bits per heavy atom. The van der Waals surface area contributed by atoms with Crippen LogP contribution < -0.4 is 5.32 Å². The lowest BCUT2D eigenvalue weighted by Crippen LogP contribution is -2.65. The van der Waals surface area contributed by atoms with E-state index < -0.39 is 86.8 Å². The van der Waals surface area contributed by atoms with Gasteiger partial charge in [0.05, 0.1) is 32.0 Å². The summed E-state index contributed by atoms with van der Waals surface area (Å²) < 4.78 is 22.8. The Balaban J connectivity index is 1.65. The molecule has 14 nitrogen and oxygen atoms in total. The standard InChI is InChI=1S/C57H111NO13/c1-3-5-7-9-11-13-15-16-17-18-19-20-21-22-23-24-25-26-27-28-29-30-31-33-35-37-39-41-49(62)58-45(46(61)40-38-36-34-32-14-12-10-8-6-4-2)44-68-56-54(67)52(65)55(48(43-60)70-56)71-57-53(66)51(64)50(63)47(42-59)69-57/h45-48,50-57,59-61,63-67H,3-44H2,1-2H3,(H,58,62). The van der Waals surface area contributed by atoms with Crippen LogP contribution in [0.3, 0.4) is 0 Å². The van der Waals surface area contributed by atoms with Crippen molar-refractivity contribution in [1.82, 2.24) is 5.32 Å². The third-order valence-electron chi connectivity index (χ3n) is 15.1. The first kappa shape index (κ1) is 66.1. The first-order valence-corrected chi connectivity index (χ1v) is 29.8. The number of aliphatic hydroxyl groups is 8. The number of ether oxygens (including phenoxy) is 4. The number of nitrogens with one attached hydrogen (secondary N) is 1. The Labute approximate surface area is 432 Å². The smallest absolute Gasteiger partial charge is 0.220 e. The van der Waals surface area contributed by atoms with Gasteiger partial charge in [-0.05, 0) is 12.8 Å². The molecule has 9 N–H and O–H groups in total. The molecule has 12 unspecified atom stereocenters. The number of aliphatic hydroxyl groups excluding tert-OH is 8. The lowest BCUT2D eigenvalue weighted by Gasteiger charge is -2.46. The van der Waals surface area contributed by atoms with E-state index in [0.29, 0.717) is 12.8 Å². The summed E-state index contributed by atoms with van der Waals surface area (Å²) in [5.74, 6) is -0.202. The van der Waals surface area contributed by atoms with E-state index in [1.54, 1.807) is 0 Å². The Morgan fingerprint density at radius 3 is 1.20 bits per heavy atom. The van der Waals surface area contributed by atoms with Gasteiger partial charge in [-0.15, -0.1) is 0 Å². The molecule has 2 aliphatic rings. The van der Waals surface area contributed by atoms with Gasteiger partial charge in [0.1, 0.15) is 48.8 Å². The maximum Gasteiger partial charge on any atom is 0.220 e. The van der Waals surface area contributed by atoms with Gasteiger partial charge >= 0.3 is 0 Å². The van der Waals surface area contributed by atoms with Crippen molar-refractivity contribution in [3.05, 3.63) is 0 Å². The van der Waals surface area contributed by atoms with Crippen LogP contribution in [-0.2, 0) is 23.7 Å². The minimum atomic E-state index is -1.78. The summed E-state index contributed by atoms with van der Waals surface area (Å²) in [6, 6.07) is -0.821. The number of carbonyl (C=O) groups is 1. The molecule has 0 aromatic rings. The lowest BCUT2D eigenvalue weighted by atomic mass is 9.97. The monoisotopic (exact) mass is 1020 g/mol. The molecule has 2 saturated heterocycles. The van der Waals surface area contributed by atoms with Crippen LogP contribution in [0.2, 0.25) is 0 Å². The summed E-state index contributed by atoms with van der Waals surface area (Å²) in [7, 11) is 0. The molecule has 0 saturated carbocycles. The normalized spacial score (nSPS) is 25.7. The van der Waals surface area contributed by atoms with Crippen molar-refractivity contribution >= 4 is 5.91 Å². The maximum absolute atomic E-state index is 13.2. The van der Waals surface area contributed by atoms with E-state index in [-0.39, 0.29) is 12.5 Å². The van der Waals surface area contributed by atoms with Gasteiger partial charge in [-0.25, -0.2) is 0 Å². The van der Waals surface area contributed by atoms with Crippen molar-refractivity contribution in [2.24, 2.45) is 0 Å². The molecule has 71 heavy (non-hydrogen) atoms. The van der Waals surface area contributed by atoms with Crippen LogP contribution in [0.25, 0.3) is 0 Å². The van der Waals surface area contributed by atoms with Crippen LogP contribution in [0.4, 0.5) is 0 Å². The van der Waals surface area contributed by atoms with Gasteiger partial charge in [-0.2, -0.15) is 0 Å². The molecule has 2 rings (SSSR count). The van der Waals surface area contributed by atoms with Crippen molar-refractivity contribution in [2.75, 3.05) is 19.8 Å². The minimum absolute atomic E-state index is 0.202. The molecule has 0 bridgehead atoms. The fraction of sp³-hybridized carbons (Fsp3) is 0.982. The van der Waals surface area contributed by atoms with E-state index in [4.69, 9.17) is 18.9 Å². The first-order chi connectivity index (χ1) is 34.6. The number of hydrogen-bond donors (Lipinski definition) is 9. The second-order valence-corrected chi connectivity index (χ2v) is 21.5. The molecule has 2 heterocycles. The Hall–Kier alpha value is -1.01. The highest BCUT2D eigenvalue weighted by Crippen LogP contribution is 2.30. The van der Waals surface area contributed by atoms with Crippen molar-refractivity contribution in [1.29, 1.82) is 0 Å². The summed E-state index contributed by atoms with van der Waals surface area (Å²) in [6.45, 7) is 2.87. The van der Waals surface area contributed by atoms with Crippen LogP contribution in [0.1, 0.15) is 264 Å². The van der Waals surface area contributed by atoms with Crippen molar-refractivity contribution in [2.45, 2.75) is 338 Å². The SMILES string of the molecule is CCCCCCCCCCCCCCCCCCCCCCCCCCCCCC(=O)NC(COC1OC(CO)C(OC2OC(CO)C(O)C(O)C2O)C(O)C1O)C(O)CCCCCCCCCCCC. The average Bonchev–Trinajstić information content (AvgIpc) is 3.37. The van der Waals surface area contributed by atoms with Crippen molar-refractivity contribution in [3.8, 4) is 0 Å². The molecule has 2 fully saturated rings. The summed E-state index contributed by atoms with van der Waals surface area (Å²) in [5, 5.41) is 87.0. The maximum atomic E-state index is 13.2. The Bertz CT molecular complexity index is 1200. The fourth-order valence-electron chi connectivity index (χ4n) is 10.2. The predicted octanol–water partition coefficient (Wildman–Crippen LogP) is 9.73. The molecule has 0 spiro atoms. The molecule has 0 aromatic carbocycles. The van der Waals surface area contributed by atoms with E-state index in [1.165, 1.54) is 186 Å². The molecule has 12 atom stereocenters. The second-order valence-electron chi connectivity index (χ2n) is 21.5. The third-order valence-corrected chi connectivity index (χ3v) is 15.1. The molecule has 2 aliphatic heterocycles. The lowest BCUT2D eigenvalue weighted by molar-refractivity contribution is -0.359. The van der Waals surface area contributed by atoms with Crippen LogP contribution >= 0.6 is 0 Å². The topological polar surface area (TPSA) is 228 Å². The zero-order valence-electron chi connectivity index (χ0n) is 45.2. The average molecular weight is 1020 g/mol. The molecule has 0 radical (unpaired) electrons. The van der Waals surface area contributed by atoms with Crippen LogP contribution in [-0.4, -0.2) is 140 Å². The highest BCUT2D eigenvalue weighted by molar-refractivity contribution is 5.76. The predicted molar refractivity (Wildman–Crippen MR) is 282 cm³/mol. The molecule has 1 amide bonds. The zero-order chi connectivity index (χ0) is 51.7. The molecule has 14 heteroatoms. The largest absolute Gasteiger partial charge is 0.394 e. The molecular formula is C57H111NO13. The number of carbonyl (C=O) groups excluding carboxylic acids is 1. The Morgan fingerprint density at radius 2 is 0.803 bits per heavy atom. The quantitative estimate of drug-likeness (QED) is 0.0259. The summed E-state index contributed by atoms with van der Waals surface area (Å²) in [4.78, 5) is 13.2. The van der Waals surface area contributed by atoms with E-state index in [0.717, 1.165) is 51.4 Å². The van der Waals surface area contributed by atoms with Gasteiger partial charge in [0.25, 0.3) is 0 Å². The summed E-state index contributed by atoms with van der Waals surface area (Å²) >= 11 is 0. The van der Waals surface area contributed by atoms with Crippen LogP contribution in [0.5, 0.6) is 0 Å². The second kappa shape index (κ2) is 44.2. The van der Waals surface area contributed by atoms with Gasteiger partial charge in [0.15, 0.2) is 12.6 Å². The van der Waals surface area contributed by atoms with E-state index >= 15 is 0 Å². The highest BCUT2D eigenvalue weighted by Gasteiger charge is 2.51. The number of unbranched alkanes of at least 4 members (excludes halogenated alkanes) is 35. The van der Waals surface area contributed by atoms with E-state index in [9.17, 15) is 45.6 Å².